The summed E-state index contributed by atoms with van der Waals surface area (Å²) in [5.41, 5.74) is 0. The number of hydrogen-bond donors (Lipinski definition) is 1. The first kappa shape index (κ1) is 14.6. The third-order valence-corrected chi connectivity index (χ3v) is 3.38. The molecule has 4 heteroatoms. The second-order valence-electron chi connectivity index (χ2n) is 5.12. The Labute approximate surface area is 115 Å². The summed E-state index contributed by atoms with van der Waals surface area (Å²) >= 11 is 0. The zero-order valence-electron chi connectivity index (χ0n) is 11.8. The molecule has 2 rings (SSSR count). The minimum Gasteiger partial charge on any atom is -0.462 e. The van der Waals surface area contributed by atoms with Gasteiger partial charge in [-0.15, -0.1) is 0 Å². The van der Waals surface area contributed by atoms with Gasteiger partial charge >= 0.3 is 0 Å². The van der Waals surface area contributed by atoms with Crippen molar-refractivity contribution in [3.05, 3.63) is 23.7 Å². The fourth-order valence-corrected chi connectivity index (χ4v) is 2.22. The van der Waals surface area contributed by atoms with Gasteiger partial charge in [0.25, 0.3) is 0 Å². The van der Waals surface area contributed by atoms with Crippen molar-refractivity contribution in [3.63, 3.8) is 0 Å². The standard InChI is InChI=1S/C15H25NO3/c1-2-7-16-10-14-3-4-15(19-14)12-18-11-13-5-8-17-9-6-13/h3-4,13,16H,2,5-12H2,1H3. The Morgan fingerprint density at radius 3 is 2.84 bits per heavy atom. The first-order valence-electron chi connectivity index (χ1n) is 7.32. The number of hydrogen-bond acceptors (Lipinski definition) is 4. The predicted molar refractivity (Wildman–Crippen MR) is 73.9 cm³/mol. The van der Waals surface area contributed by atoms with Crippen LogP contribution >= 0.6 is 0 Å². The van der Waals surface area contributed by atoms with Crippen LogP contribution in [-0.2, 0) is 22.6 Å². The van der Waals surface area contributed by atoms with Crippen molar-refractivity contribution in [1.82, 2.24) is 5.32 Å². The maximum Gasteiger partial charge on any atom is 0.129 e. The van der Waals surface area contributed by atoms with Crippen LogP contribution in [0, 0.1) is 5.92 Å². The van der Waals surface area contributed by atoms with E-state index in [0.29, 0.717) is 12.5 Å². The highest BCUT2D eigenvalue weighted by molar-refractivity contribution is 5.06. The van der Waals surface area contributed by atoms with E-state index in [4.69, 9.17) is 13.9 Å². The van der Waals surface area contributed by atoms with Crippen LogP contribution in [0.3, 0.4) is 0 Å². The van der Waals surface area contributed by atoms with Crippen LogP contribution in [0.25, 0.3) is 0 Å². The zero-order valence-corrected chi connectivity index (χ0v) is 11.8. The van der Waals surface area contributed by atoms with Crippen LogP contribution in [0.4, 0.5) is 0 Å². The molecule has 0 aromatic carbocycles. The van der Waals surface area contributed by atoms with Gasteiger partial charge in [0, 0.05) is 13.2 Å². The second-order valence-corrected chi connectivity index (χ2v) is 5.12. The largest absolute Gasteiger partial charge is 0.462 e. The summed E-state index contributed by atoms with van der Waals surface area (Å²) in [7, 11) is 0. The van der Waals surface area contributed by atoms with Crippen molar-refractivity contribution < 1.29 is 13.9 Å². The monoisotopic (exact) mass is 267 g/mol. The fourth-order valence-electron chi connectivity index (χ4n) is 2.22. The van der Waals surface area contributed by atoms with Crippen molar-refractivity contribution in [1.29, 1.82) is 0 Å². The molecule has 0 aliphatic carbocycles. The summed E-state index contributed by atoms with van der Waals surface area (Å²) in [5.74, 6) is 2.55. The van der Waals surface area contributed by atoms with Crippen molar-refractivity contribution in [2.45, 2.75) is 39.3 Å². The highest BCUT2D eigenvalue weighted by Gasteiger charge is 2.14. The SMILES string of the molecule is CCCNCc1ccc(COCC2CCOCC2)o1. The summed E-state index contributed by atoms with van der Waals surface area (Å²) in [5, 5.41) is 3.32. The van der Waals surface area contributed by atoms with Gasteiger partial charge in [-0.25, -0.2) is 0 Å². The average Bonchev–Trinajstić information content (AvgIpc) is 2.88. The molecule has 1 aliphatic heterocycles. The Kier molecular flexibility index (Phi) is 6.41. The van der Waals surface area contributed by atoms with Crippen molar-refractivity contribution in [2.24, 2.45) is 5.92 Å². The van der Waals surface area contributed by atoms with Gasteiger partial charge < -0.3 is 19.2 Å². The number of furan rings is 1. The van der Waals surface area contributed by atoms with E-state index in [1.165, 1.54) is 0 Å². The lowest BCUT2D eigenvalue weighted by Crippen LogP contribution is -2.20. The third-order valence-electron chi connectivity index (χ3n) is 3.38. The Morgan fingerprint density at radius 1 is 1.26 bits per heavy atom. The van der Waals surface area contributed by atoms with Gasteiger partial charge in [0.2, 0.25) is 0 Å². The zero-order chi connectivity index (χ0) is 13.3. The van der Waals surface area contributed by atoms with Crippen LogP contribution in [0.2, 0.25) is 0 Å². The van der Waals surface area contributed by atoms with Crippen molar-refractivity contribution in [3.8, 4) is 0 Å². The van der Waals surface area contributed by atoms with Gasteiger partial charge in [-0.1, -0.05) is 6.92 Å². The van der Waals surface area contributed by atoms with Crippen molar-refractivity contribution >= 4 is 0 Å². The lowest BCUT2D eigenvalue weighted by atomic mass is 10.0. The fraction of sp³-hybridized carbons (Fsp3) is 0.733. The Morgan fingerprint density at radius 2 is 2.05 bits per heavy atom. The van der Waals surface area contributed by atoms with Crippen LogP contribution < -0.4 is 5.32 Å². The highest BCUT2D eigenvalue weighted by atomic mass is 16.5. The number of ether oxygens (including phenoxy) is 2. The topological polar surface area (TPSA) is 43.6 Å². The van der Waals surface area contributed by atoms with Gasteiger partial charge in [-0.2, -0.15) is 0 Å². The summed E-state index contributed by atoms with van der Waals surface area (Å²) in [4.78, 5) is 0. The van der Waals surface area contributed by atoms with Crippen LogP contribution in [-0.4, -0.2) is 26.4 Å². The molecule has 2 heterocycles. The molecule has 108 valence electrons. The Balaban J connectivity index is 1.62. The van der Waals surface area contributed by atoms with E-state index in [1.807, 2.05) is 12.1 Å². The Hall–Kier alpha value is -0.840. The van der Waals surface area contributed by atoms with E-state index < -0.39 is 0 Å². The van der Waals surface area contributed by atoms with E-state index in [1.54, 1.807) is 0 Å². The highest BCUT2D eigenvalue weighted by Crippen LogP contribution is 2.16. The quantitative estimate of drug-likeness (QED) is 0.736. The smallest absolute Gasteiger partial charge is 0.129 e. The molecule has 0 bridgehead atoms. The molecule has 0 unspecified atom stereocenters. The minimum atomic E-state index is 0.575. The molecule has 19 heavy (non-hydrogen) atoms. The van der Waals surface area contributed by atoms with Crippen molar-refractivity contribution in [2.75, 3.05) is 26.4 Å². The number of nitrogens with one attached hydrogen (secondary N) is 1. The molecule has 0 spiro atoms. The number of rotatable bonds is 8. The lowest BCUT2D eigenvalue weighted by molar-refractivity contribution is 0.0118. The minimum absolute atomic E-state index is 0.575. The first-order chi connectivity index (χ1) is 9.38. The van der Waals surface area contributed by atoms with E-state index in [-0.39, 0.29) is 0 Å². The molecular formula is C15H25NO3. The van der Waals surface area contributed by atoms with Gasteiger partial charge in [0.1, 0.15) is 18.1 Å². The molecule has 1 aromatic heterocycles. The van der Waals surface area contributed by atoms with Crippen LogP contribution in [0.1, 0.15) is 37.7 Å². The normalized spacial score (nSPS) is 16.9. The molecule has 1 saturated heterocycles. The summed E-state index contributed by atoms with van der Waals surface area (Å²) in [6.45, 7) is 7.12. The van der Waals surface area contributed by atoms with E-state index >= 15 is 0 Å². The molecule has 1 aliphatic rings. The summed E-state index contributed by atoms with van der Waals surface area (Å²) in [6, 6.07) is 4.03. The molecule has 1 N–H and O–H groups in total. The molecule has 0 amide bonds. The summed E-state index contributed by atoms with van der Waals surface area (Å²) in [6.07, 6.45) is 3.37. The maximum absolute atomic E-state index is 5.73. The van der Waals surface area contributed by atoms with Gasteiger partial charge in [-0.3, -0.25) is 0 Å². The summed E-state index contributed by atoms with van der Waals surface area (Å²) < 4.78 is 16.8. The van der Waals surface area contributed by atoms with E-state index in [0.717, 1.165) is 63.7 Å². The van der Waals surface area contributed by atoms with Crippen LogP contribution in [0.5, 0.6) is 0 Å². The van der Waals surface area contributed by atoms with Crippen LogP contribution in [0.15, 0.2) is 16.5 Å². The predicted octanol–water partition coefficient (Wildman–Crippen LogP) is 2.72. The molecule has 1 fully saturated rings. The Bertz CT molecular complexity index is 345. The third kappa shape index (κ3) is 5.35. The van der Waals surface area contributed by atoms with Gasteiger partial charge in [0.05, 0.1) is 13.2 Å². The molecule has 0 saturated carbocycles. The maximum atomic E-state index is 5.73. The van der Waals surface area contributed by atoms with Gasteiger partial charge in [0.15, 0.2) is 0 Å². The first-order valence-corrected chi connectivity index (χ1v) is 7.32. The van der Waals surface area contributed by atoms with E-state index in [2.05, 4.69) is 12.2 Å². The van der Waals surface area contributed by atoms with Gasteiger partial charge in [-0.05, 0) is 43.9 Å². The molecule has 0 atom stereocenters. The lowest BCUT2D eigenvalue weighted by Gasteiger charge is -2.21. The molecule has 4 nitrogen and oxygen atoms in total. The second kappa shape index (κ2) is 8.35. The molecular weight excluding hydrogens is 242 g/mol. The molecule has 0 radical (unpaired) electrons. The molecule has 1 aromatic rings. The average molecular weight is 267 g/mol. The van der Waals surface area contributed by atoms with E-state index in [9.17, 15) is 0 Å².